The number of ether oxygens (including phenoxy) is 1. The average Bonchev–Trinajstić information content (AvgIpc) is 2.82. The SMILES string of the molecule is COc1ccc(-c2cc3c([nH]2)CCCC3)cc1N. The van der Waals surface area contributed by atoms with Gasteiger partial charge < -0.3 is 15.5 Å². The van der Waals surface area contributed by atoms with Gasteiger partial charge in [0, 0.05) is 17.0 Å². The Kier molecular flexibility index (Phi) is 2.74. The molecule has 94 valence electrons. The second-order valence-electron chi connectivity index (χ2n) is 4.85. The van der Waals surface area contributed by atoms with Crippen molar-refractivity contribution in [1.29, 1.82) is 0 Å². The summed E-state index contributed by atoms with van der Waals surface area (Å²) in [6.07, 6.45) is 4.95. The van der Waals surface area contributed by atoms with E-state index in [2.05, 4.69) is 11.1 Å². The van der Waals surface area contributed by atoms with Crippen LogP contribution in [-0.4, -0.2) is 12.1 Å². The highest BCUT2D eigenvalue weighted by molar-refractivity contribution is 5.69. The minimum Gasteiger partial charge on any atom is -0.495 e. The molecule has 1 aliphatic rings. The second-order valence-corrected chi connectivity index (χ2v) is 4.85. The molecule has 18 heavy (non-hydrogen) atoms. The van der Waals surface area contributed by atoms with Gasteiger partial charge in [-0.1, -0.05) is 0 Å². The number of nitrogens with one attached hydrogen (secondary N) is 1. The first kappa shape index (κ1) is 11.2. The molecule has 1 aromatic carbocycles. The van der Waals surface area contributed by atoms with E-state index in [1.807, 2.05) is 18.2 Å². The van der Waals surface area contributed by atoms with E-state index in [9.17, 15) is 0 Å². The summed E-state index contributed by atoms with van der Waals surface area (Å²) < 4.78 is 5.18. The standard InChI is InChI=1S/C15H18N2O/c1-18-15-7-6-11(8-12(15)16)14-9-10-4-2-3-5-13(10)17-14/h6-9,17H,2-5,16H2,1H3. The van der Waals surface area contributed by atoms with Gasteiger partial charge in [-0.2, -0.15) is 0 Å². The summed E-state index contributed by atoms with van der Waals surface area (Å²) in [4.78, 5) is 3.52. The van der Waals surface area contributed by atoms with E-state index < -0.39 is 0 Å². The molecule has 0 bridgehead atoms. The van der Waals surface area contributed by atoms with E-state index in [0.717, 1.165) is 17.0 Å². The van der Waals surface area contributed by atoms with Crippen molar-refractivity contribution in [2.75, 3.05) is 12.8 Å². The lowest BCUT2D eigenvalue weighted by Gasteiger charge is -2.09. The van der Waals surface area contributed by atoms with Crippen LogP contribution in [0.1, 0.15) is 24.1 Å². The van der Waals surface area contributed by atoms with Crippen molar-refractivity contribution in [3.63, 3.8) is 0 Å². The summed E-state index contributed by atoms with van der Waals surface area (Å²) in [6, 6.07) is 8.20. The van der Waals surface area contributed by atoms with Gasteiger partial charge in [0.05, 0.1) is 12.8 Å². The van der Waals surface area contributed by atoms with Crippen LogP contribution in [0.15, 0.2) is 24.3 Å². The highest BCUT2D eigenvalue weighted by Crippen LogP contribution is 2.31. The van der Waals surface area contributed by atoms with E-state index in [1.165, 1.54) is 36.9 Å². The Morgan fingerprint density at radius 3 is 2.72 bits per heavy atom. The van der Waals surface area contributed by atoms with Crippen molar-refractivity contribution >= 4 is 5.69 Å². The number of nitrogen functional groups attached to an aromatic ring is 1. The first-order valence-corrected chi connectivity index (χ1v) is 6.42. The smallest absolute Gasteiger partial charge is 0.141 e. The Balaban J connectivity index is 1.99. The van der Waals surface area contributed by atoms with Crippen LogP contribution in [0.4, 0.5) is 5.69 Å². The van der Waals surface area contributed by atoms with Crippen molar-refractivity contribution in [1.82, 2.24) is 4.98 Å². The third-order valence-corrected chi connectivity index (χ3v) is 3.66. The predicted molar refractivity (Wildman–Crippen MR) is 73.8 cm³/mol. The van der Waals surface area contributed by atoms with Crippen molar-refractivity contribution < 1.29 is 4.74 Å². The van der Waals surface area contributed by atoms with Crippen molar-refractivity contribution in [3.8, 4) is 17.0 Å². The Hall–Kier alpha value is -1.90. The summed E-state index contributed by atoms with van der Waals surface area (Å²) in [5, 5.41) is 0. The van der Waals surface area contributed by atoms with Crippen LogP contribution in [0.3, 0.4) is 0 Å². The number of anilines is 1. The molecule has 1 heterocycles. The fourth-order valence-electron chi connectivity index (χ4n) is 2.66. The predicted octanol–water partition coefficient (Wildman–Crippen LogP) is 3.15. The Labute approximate surface area is 107 Å². The summed E-state index contributed by atoms with van der Waals surface area (Å²) in [7, 11) is 1.64. The summed E-state index contributed by atoms with van der Waals surface area (Å²) in [5.74, 6) is 0.732. The summed E-state index contributed by atoms with van der Waals surface area (Å²) in [5.41, 5.74) is 11.8. The molecule has 3 nitrogen and oxygen atoms in total. The maximum Gasteiger partial charge on any atom is 0.141 e. The number of aryl methyl sites for hydroxylation is 2. The highest BCUT2D eigenvalue weighted by atomic mass is 16.5. The van der Waals surface area contributed by atoms with Crippen LogP contribution < -0.4 is 10.5 Å². The monoisotopic (exact) mass is 242 g/mol. The number of nitrogens with two attached hydrogens (primary N) is 1. The highest BCUT2D eigenvalue weighted by Gasteiger charge is 2.13. The number of fused-ring (bicyclic) bond motifs is 1. The fourth-order valence-corrected chi connectivity index (χ4v) is 2.66. The van der Waals surface area contributed by atoms with E-state index >= 15 is 0 Å². The number of benzene rings is 1. The molecule has 0 spiro atoms. The molecule has 2 aromatic rings. The van der Waals surface area contributed by atoms with Crippen molar-refractivity contribution in [2.45, 2.75) is 25.7 Å². The lowest BCUT2D eigenvalue weighted by molar-refractivity contribution is 0.417. The molecule has 0 unspecified atom stereocenters. The molecule has 0 fully saturated rings. The first-order valence-electron chi connectivity index (χ1n) is 6.42. The maximum atomic E-state index is 5.95. The fraction of sp³-hybridized carbons (Fsp3) is 0.333. The van der Waals surface area contributed by atoms with Gasteiger partial charge in [0.15, 0.2) is 0 Å². The largest absolute Gasteiger partial charge is 0.495 e. The molecule has 1 aliphatic carbocycles. The second kappa shape index (κ2) is 4.41. The molecule has 0 radical (unpaired) electrons. The number of aromatic nitrogens is 1. The average molecular weight is 242 g/mol. The molecule has 0 atom stereocenters. The summed E-state index contributed by atoms with van der Waals surface area (Å²) >= 11 is 0. The molecule has 0 amide bonds. The molecular formula is C15H18N2O. The number of methoxy groups -OCH3 is 1. The number of hydrogen-bond acceptors (Lipinski definition) is 2. The molecular weight excluding hydrogens is 224 g/mol. The van der Waals surface area contributed by atoms with Crippen molar-refractivity contribution in [3.05, 3.63) is 35.5 Å². The Morgan fingerprint density at radius 1 is 1.17 bits per heavy atom. The van der Waals surface area contributed by atoms with E-state index in [1.54, 1.807) is 7.11 Å². The van der Waals surface area contributed by atoms with Gasteiger partial charge in [0.1, 0.15) is 5.75 Å². The Morgan fingerprint density at radius 2 is 2.00 bits per heavy atom. The van der Waals surface area contributed by atoms with Gasteiger partial charge in [-0.25, -0.2) is 0 Å². The van der Waals surface area contributed by atoms with Gasteiger partial charge in [-0.15, -0.1) is 0 Å². The molecule has 3 rings (SSSR count). The Bertz CT molecular complexity index is 548. The van der Waals surface area contributed by atoms with Crippen LogP contribution in [0, 0.1) is 0 Å². The van der Waals surface area contributed by atoms with E-state index in [4.69, 9.17) is 10.5 Å². The first-order chi connectivity index (χ1) is 8.78. The van der Waals surface area contributed by atoms with Gasteiger partial charge >= 0.3 is 0 Å². The van der Waals surface area contributed by atoms with Gasteiger partial charge in [-0.3, -0.25) is 0 Å². The number of rotatable bonds is 2. The zero-order valence-corrected chi connectivity index (χ0v) is 10.6. The van der Waals surface area contributed by atoms with Crippen LogP contribution in [0.25, 0.3) is 11.3 Å². The maximum absolute atomic E-state index is 5.95. The van der Waals surface area contributed by atoms with Gasteiger partial charge in [0.2, 0.25) is 0 Å². The van der Waals surface area contributed by atoms with Crippen LogP contribution >= 0.6 is 0 Å². The van der Waals surface area contributed by atoms with E-state index in [-0.39, 0.29) is 0 Å². The molecule has 1 aromatic heterocycles. The number of hydrogen-bond donors (Lipinski definition) is 2. The summed E-state index contributed by atoms with van der Waals surface area (Å²) in [6.45, 7) is 0. The molecule has 3 heteroatoms. The minimum absolute atomic E-state index is 0.683. The zero-order chi connectivity index (χ0) is 12.5. The van der Waals surface area contributed by atoms with E-state index in [0.29, 0.717) is 5.69 Å². The lowest BCUT2D eigenvalue weighted by Crippen LogP contribution is -1.99. The van der Waals surface area contributed by atoms with Crippen molar-refractivity contribution in [2.24, 2.45) is 0 Å². The van der Waals surface area contributed by atoms with Gasteiger partial charge in [0.25, 0.3) is 0 Å². The number of H-pyrrole nitrogens is 1. The van der Waals surface area contributed by atoms with Crippen LogP contribution in [0.5, 0.6) is 5.75 Å². The molecule has 3 N–H and O–H groups in total. The molecule has 0 saturated heterocycles. The zero-order valence-electron chi connectivity index (χ0n) is 10.6. The van der Waals surface area contributed by atoms with Gasteiger partial charge in [-0.05, 0) is 55.5 Å². The minimum atomic E-state index is 0.683. The topological polar surface area (TPSA) is 51.0 Å². The molecule has 0 aliphatic heterocycles. The molecule has 0 saturated carbocycles. The van der Waals surface area contributed by atoms with Crippen LogP contribution in [0.2, 0.25) is 0 Å². The third kappa shape index (κ3) is 1.86. The number of aromatic amines is 1. The lowest BCUT2D eigenvalue weighted by atomic mass is 9.98. The van der Waals surface area contributed by atoms with Crippen LogP contribution in [-0.2, 0) is 12.8 Å². The quantitative estimate of drug-likeness (QED) is 0.795. The third-order valence-electron chi connectivity index (χ3n) is 3.66. The normalized spacial score (nSPS) is 14.3.